The van der Waals surface area contributed by atoms with Crippen molar-refractivity contribution in [2.45, 2.75) is 25.7 Å². The van der Waals surface area contributed by atoms with Crippen LogP contribution in [0.25, 0.3) is 0 Å². The standard InChI is InChI=1S/C11H13ClO5/c1-2-11(15,16)17-9-4-3-7(5-8(9)12)6-10(13)14/h3-5,15-16H,2,6H2,1H3,(H,13,14). The number of ether oxygens (including phenoxy) is 1. The van der Waals surface area contributed by atoms with Crippen LogP contribution >= 0.6 is 11.6 Å². The summed E-state index contributed by atoms with van der Waals surface area (Å²) < 4.78 is 4.87. The Kier molecular flexibility index (Phi) is 4.34. The van der Waals surface area contributed by atoms with Gasteiger partial charge in [0, 0.05) is 6.42 Å². The smallest absolute Gasteiger partial charge is 0.321 e. The summed E-state index contributed by atoms with van der Waals surface area (Å²) in [7, 11) is 0. The number of aliphatic hydroxyl groups is 2. The quantitative estimate of drug-likeness (QED) is 0.697. The van der Waals surface area contributed by atoms with Gasteiger partial charge in [0.25, 0.3) is 0 Å². The molecule has 0 radical (unpaired) electrons. The van der Waals surface area contributed by atoms with E-state index < -0.39 is 11.9 Å². The van der Waals surface area contributed by atoms with E-state index in [0.717, 1.165) is 0 Å². The first-order valence-electron chi connectivity index (χ1n) is 4.98. The van der Waals surface area contributed by atoms with E-state index in [1.165, 1.54) is 25.1 Å². The Morgan fingerprint density at radius 1 is 1.47 bits per heavy atom. The second-order valence-corrected chi connectivity index (χ2v) is 3.94. The van der Waals surface area contributed by atoms with Crippen LogP contribution in [0.3, 0.4) is 0 Å². The van der Waals surface area contributed by atoms with Crippen LogP contribution in [0.4, 0.5) is 0 Å². The number of carboxylic acid groups (broad SMARTS) is 1. The minimum atomic E-state index is -2.28. The highest BCUT2D eigenvalue weighted by Gasteiger charge is 2.23. The third-order valence-electron chi connectivity index (χ3n) is 2.09. The first-order chi connectivity index (χ1) is 7.84. The Morgan fingerprint density at radius 2 is 2.12 bits per heavy atom. The second kappa shape index (κ2) is 5.35. The summed E-state index contributed by atoms with van der Waals surface area (Å²) in [6.45, 7) is 1.53. The minimum absolute atomic E-state index is 0.0276. The van der Waals surface area contributed by atoms with Gasteiger partial charge in [0.15, 0.2) is 0 Å². The largest absolute Gasteiger partial charge is 0.481 e. The van der Waals surface area contributed by atoms with Gasteiger partial charge >= 0.3 is 11.9 Å². The van der Waals surface area contributed by atoms with Gasteiger partial charge in [-0.3, -0.25) is 4.79 Å². The normalized spacial score (nSPS) is 11.3. The fourth-order valence-corrected chi connectivity index (χ4v) is 1.40. The molecule has 0 bridgehead atoms. The van der Waals surface area contributed by atoms with Gasteiger partial charge in [-0.05, 0) is 17.7 Å². The van der Waals surface area contributed by atoms with E-state index in [4.69, 9.17) is 21.4 Å². The molecule has 1 rings (SSSR count). The van der Waals surface area contributed by atoms with Gasteiger partial charge in [0.2, 0.25) is 0 Å². The molecule has 0 heterocycles. The Hall–Kier alpha value is -1.30. The van der Waals surface area contributed by atoms with E-state index in [0.29, 0.717) is 5.56 Å². The van der Waals surface area contributed by atoms with Gasteiger partial charge in [-0.25, -0.2) is 0 Å². The predicted molar refractivity (Wildman–Crippen MR) is 60.9 cm³/mol. The number of carboxylic acids is 1. The van der Waals surface area contributed by atoms with E-state index in [1.54, 1.807) is 0 Å². The van der Waals surface area contributed by atoms with Gasteiger partial charge in [0.1, 0.15) is 5.75 Å². The van der Waals surface area contributed by atoms with Crippen molar-refractivity contribution < 1.29 is 24.9 Å². The molecule has 0 aromatic heterocycles. The van der Waals surface area contributed by atoms with Crippen molar-refractivity contribution in [3.63, 3.8) is 0 Å². The molecule has 6 heteroatoms. The molecule has 0 fully saturated rings. The highest BCUT2D eigenvalue weighted by molar-refractivity contribution is 6.32. The lowest BCUT2D eigenvalue weighted by Crippen LogP contribution is -2.34. The Bertz CT molecular complexity index is 416. The minimum Gasteiger partial charge on any atom is -0.481 e. The number of aliphatic carboxylic acids is 1. The Labute approximate surface area is 103 Å². The third kappa shape index (κ3) is 4.22. The third-order valence-corrected chi connectivity index (χ3v) is 2.38. The van der Waals surface area contributed by atoms with Crippen molar-refractivity contribution in [2.24, 2.45) is 0 Å². The van der Waals surface area contributed by atoms with Crippen molar-refractivity contribution in [2.75, 3.05) is 0 Å². The number of hydrogen-bond donors (Lipinski definition) is 3. The maximum atomic E-state index is 10.5. The first kappa shape index (κ1) is 13.8. The van der Waals surface area contributed by atoms with E-state index in [2.05, 4.69) is 0 Å². The summed E-state index contributed by atoms with van der Waals surface area (Å²) >= 11 is 5.84. The molecule has 94 valence electrons. The van der Waals surface area contributed by atoms with E-state index in [-0.39, 0.29) is 23.6 Å². The highest BCUT2D eigenvalue weighted by atomic mass is 35.5. The number of carbonyl (C=O) groups is 1. The molecular formula is C11H13ClO5. The number of hydrogen-bond acceptors (Lipinski definition) is 4. The summed E-state index contributed by atoms with van der Waals surface area (Å²) in [6, 6.07) is 4.31. The molecule has 0 aliphatic heterocycles. The number of halogens is 1. The summed E-state index contributed by atoms with van der Waals surface area (Å²) in [5, 5.41) is 27.3. The van der Waals surface area contributed by atoms with E-state index in [9.17, 15) is 15.0 Å². The van der Waals surface area contributed by atoms with Crippen molar-refractivity contribution in [3.8, 4) is 5.75 Å². The van der Waals surface area contributed by atoms with Crippen LogP contribution in [0.5, 0.6) is 5.75 Å². The number of rotatable bonds is 5. The average Bonchev–Trinajstić information content (AvgIpc) is 2.21. The van der Waals surface area contributed by atoms with Crippen molar-refractivity contribution in [1.29, 1.82) is 0 Å². The molecule has 1 aromatic rings. The molecule has 0 unspecified atom stereocenters. The Morgan fingerprint density at radius 3 is 2.59 bits per heavy atom. The van der Waals surface area contributed by atoms with Crippen LogP contribution in [0.2, 0.25) is 5.02 Å². The topological polar surface area (TPSA) is 87.0 Å². The molecule has 0 amide bonds. The van der Waals surface area contributed by atoms with Gasteiger partial charge in [0.05, 0.1) is 11.4 Å². The van der Waals surface area contributed by atoms with Gasteiger partial charge < -0.3 is 20.1 Å². The second-order valence-electron chi connectivity index (χ2n) is 3.53. The zero-order valence-corrected chi connectivity index (χ0v) is 9.94. The maximum absolute atomic E-state index is 10.5. The summed E-state index contributed by atoms with van der Waals surface area (Å²) in [5.41, 5.74) is 0.507. The molecule has 3 N–H and O–H groups in total. The van der Waals surface area contributed by atoms with Crippen LogP contribution in [0, 0.1) is 0 Å². The molecule has 5 nitrogen and oxygen atoms in total. The van der Waals surface area contributed by atoms with Gasteiger partial charge in [-0.15, -0.1) is 0 Å². The molecule has 0 spiro atoms. The van der Waals surface area contributed by atoms with Crippen molar-refractivity contribution >= 4 is 17.6 Å². The zero-order valence-electron chi connectivity index (χ0n) is 9.18. The lowest BCUT2D eigenvalue weighted by Gasteiger charge is -2.21. The van der Waals surface area contributed by atoms with Crippen LogP contribution in [0.15, 0.2) is 18.2 Å². The van der Waals surface area contributed by atoms with E-state index in [1.807, 2.05) is 0 Å². The lowest BCUT2D eigenvalue weighted by molar-refractivity contribution is -0.292. The first-order valence-corrected chi connectivity index (χ1v) is 5.36. The molecular weight excluding hydrogens is 248 g/mol. The van der Waals surface area contributed by atoms with E-state index >= 15 is 0 Å². The predicted octanol–water partition coefficient (Wildman–Crippen LogP) is 1.39. The molecule has 0 aliphatic carbocycles. The molecule has 0 saturated heterocycles. The average molecular weight is 261 g/mol. The van der Waals surface area contributed by atoms with Crippen LogP contribution in [-0.4, -0.2) is 27.3 Å². The van der Waals surface area contributed by atoms with Crippen molar-refractivity contribution in [3.05, 3.63) is 28.8 Å². The van der Waals surface area contributed by atoms with Gasteiger partial charge in [-0.1, -0.05) is 24.6 Å². The highest BCUT2D eigenvalue weighted by Crippen LogP contribution is 2.28. The van der Waals surface area contributed by atoms with Gasteiger partial charge in [-0.2, -0.15) is 0 Å². The maximum Gasteiger partial charge on any atom is 0.321 e. The van der Waals surface area contributed by atoms with Crippen molar-refractivity contribution in [1.82, 2.24) is 0 Å². The monoisotopic (exact) mass is 260 g/mol. The number of benzene rings is 1. The Balaban J connectivity index is 2.86. The molecule has 0 atom stereocenters. The summed E-state index contributed by atoms with van der Waals surface area (Å²) in [5.74, 6) is -3.16. The molecule has 0 saturated carbocycles. The molecule has 17 heavy (non-hydrogen) atoms. The lowest BCUT2D eigenvalue weighted by atomic mass is 10.1. The van der Waals surface area contributed by atoms with Crippen LogP contribution in [0.1, 0.15) is 18.9 Å². The SMILES string of the molecule is CCC(O)(O)Oc1ccc(CC(=O)O)cc1Cl. The molecule has 0 aliphatic rings. The molecule has 1 aromatic carbocycles. The summed E-state index contributed by atoms with van der Waals surface area (Å²) in [4.78, 5) is 10.5. The zero-order chi connectivity index (χ0) is 13.1. The fraction of sp³-hybridized carbons (Fsp3) is 0.364. The van der Waals surface area contributed by atoms with Crippen LogP contribution in [-0.2, 0) is 11.2 Å². The summed E-state index contributed by atoms with van der Waals surface area (Å²) in [6.07, 6.45) is -0.183. The fourth-order valence-electron chi connectivity index (χ4n) is 1.16. The van der Waals surface area contributed by atoms with Crippen LogP contribution < -0.4 is 4.74 Å².